The maximum Gasteiger partial charge on any atom is 0.347 e. The number of hydrogen-bond donors (Lipinski definition) is 0. The number of unbranched alkanes of at least 4 members (excludes halogenated alkanes) is 3. The highest BCUT2D eigenvalue weighted by Gasteiger charge is 2.20. The predicted molar refractivity (Wildman–Crippen MR) is 138 cm³/mol. The molecule has 3 rings (SSSR count). The minimum Gasteiger partial charge on any atom is -0.458 e. The van der Waals surface area contributed by atoms with Crippen LogP contribution in [0.1, 0.15) is 55.5 Å². The van der Waals surface area contributed by atoms with E-state index >= 15 is 0 Å². The maximum atomic E-state index is 12.5. The third-order valence-corrected chi connectivity index (χ3v) is 6.51. The molecular formula is C29H32O4S. The number of ether oxygens (including phenoxy) is 2. The summed E-state index contributed by atoms with van der Waals surface area (Å²) in [5, 5.41) is 0. The topological polar surface area (TPSA) is 52.6 Å². The lowest BCUT2D eigenvalue weighted by Gasteiger charge is -2.13. The first-order valence-electron chi connectivity index (χ1n) is 11.8. The van der Waals surface area contributed by atoms with Gasteiger partial charge in [0.05, 0.1) is 5.56 Å². The number of benzene rings is 3. The maximum absolute atomic E-state index is 12.5. The Morgan fingerprint density at radius 1 is 0.824 bits per heavy atom. The van der Waals surface area contributed by atoms with Crippen molar-refractivity contribution in [3.63, 3.8) is 0 Å². The summed E-state index contributed by atoms with van der Waals surface area (Å²) in [5.41, 5.74) is 3.38. The number of carbonyl (C=O) groups is 2. The van der Waals surface area contributed by atoms with Crippen molar-refractivity contribution in [2.45, 2.75) is 57.1 Å². The summed E-state index contributed by atoms with van der Waals surface area (Å²) in [6, 6.07) is 25.1. The van der Waals surface area contributed by atoms with Crippen LogP contribution in [0.3, 0.4) is 0 Å². The zero-order valence-electron chi connectivity index (χ0n) is 19.9. The zero-order chi connectivity index (χ0) is 24.2. The number of carbonyl (C=O) groups excluding carboxylic acids is 2. The van der Waals surface area contributed by atoms with Crippen molar-refractivity contribution in [3.05, 3.63) is 90.0 Å². The first-order valence-corrected chi connectivity index (χ1v) is 12.8. The Morgan fingerprint density at radius 3 is 2.12 bits per heavy atom. The fraction of sp³-hybridized carbons (Fsp3) is 0.310. The Kier molecular flexibility index (Phi) is 10.2. The number of rotatable bonds is 12. The van der Waals surface area contributed by atoms with Crippen molar-refractivity contribution < 1.29 is 19.1 Å². The van der Waals surface area contributed by atoms with Gasteiger partial charge >= 0.3 is 11.9 Å². The van der Waals surface area contributed by atoms with Crippen LogP contribution in [0.25, 0.3) is 11.1 Å². The smallest absolute Gasteiger partial charge is 0.347 e. The molecule has 0 fully saturated rings. The molecule has 0 aliphatic rings. The Labute approximate surface area is 206 Å². The highest BCUT2D eigenvalue weighted by Crippen LogP contribution is 2.25. The lowest BCUT2D eigenvalue weighted by Crippen LogP contribution is -2.26. The van der Waals surface area contributed by atoms with Gasteiger partial charge in [-0.3, -0.25) is 0 Å². The van der Waals surface area contributed by atoms with Gasteiger partial charge in [0.25, 0.3) is 0 Å². The number of hydrogen-bond acceptors (Lipinski definition) is 5. The molecule has 0 aliphatic heterocycles. The summed E-state index contributed by atoms with van der Waals surface area (Å²) < 4.78 is 10.5. The molecule has 0 aliphatic carbocycles. The summed E-state index contributed by atoms with van der Waals surface area (Å²) in [7, 11) is 0. The highest BCUT2D eigenvalue weighted by molar-refractivity contribution is 7.99. The van der Waals surface area contributed by atoms with Gasteiger partial charge in [0.1, 0.15) is 6.61 Å². The summed E-state index contributed by atoms with van der Waals surface area (Å²) in [4.78, 5) is 25.9. The minimum absolute atomic E-state index is 0.145. The van der Waals surface area contributed by atoms with Crippen LogP contribution in [-0.2, 0) is 20.9 Å². The van der Waals surface area contributed by atoms with Crippen molar-refractivity contribution in [1.29, 1.82) is 0 Å². The van der Waals surface area contributed by atoms with E-state index < -0.39 is 18.0 Å². The van der Waals surface area contributed by atoms with Crippen LogP contribution < -0.4 is 0 Å². The number of thioether (sulfide) groups is 1. The normalized spacial score (nSPS) is 11.6. The van der Waals surface area contributed by atoms with Gasteiger partial charge in [0, 0.05) is 4.90 Å². The average molecular weight is 477 g/mol. The van der Waals surface area contributed by atoms with Crippen molar-refractivity contribution in [1.82, 2.24) is 0 Å². The standard InChI is InChI=1S/C29H32O4S/c1-3-4-5-9-20-34-27-18-16-25(17-19-27)24-12-14-26(15-13-24)29(31)33-22(2)28(30)32-21-23-10-7-6-8-11-23/h6-8,10-19,22H,3-5,9,20-21H2,1-2H3/t22-/m0/s1. The van der Waals surface area contributed by atoms with E-state index in [1.807, 2.05) is 54.2 Å². The van der Waals surface area contributed by atoms with E-state index in [1.165, 1.54) is 37.5 Å². The highest BCUT2D eigenvalue weighted by atomic mass is 32.2. The largest absolute Gasteiger partial charge is 0.458 e. The zero-order valence-corrected chi connectivity index (χ0v) is 20.7. The van der Waals surface area contributed by atoms with Gasteiger partial charge in [-0.2, -0.15) is 0 Å². The first kappa shape index (κ1) is 25.6. The fourth-order valence-electron chi connectivity index (χ4n) is 3.38. The summed E-state index contributed by atoms with van der Waals surface area (Å²) in [6.07, 6.45) is 4.13. The molecule has 0 unspecified atom stereocenters. The molecule has 0 amide bonds. The Bertz CT molecular complexity index is 1030. The molecule has 0 heterocycles. The second-order valence-electron chi connectivity index (χ2n) is 8.15. The molecule has 3 aromatic rings. The number of esters is 2. The van der Waals surface area contributed by atoms with Gasteiger partial charge in [-0.1, -0.05) is 80.8 Å². The van der Waals surface area contributed by atoms with Crippen LogP contribution in [-0.4, -0.2) is 23.8 Å². The van der Waals surface area contributed by atoms with Gasteiger partial charge in [0.2, 0.25) is 0 Å². The van der Waals surface area contributed by atoms with E-state index in [2.05, 4.69) is 31.2 Å². The molecule has 5 heteroatoms. The first-order chi connectivity index (χ1) is 16.6. The van der Waals surface area contributed by atoms with Gasteiger partial charge in [-0.15, -0.1) is 11.8 Å². The second-order valence-corrected chi connectivity index (χ2v) is 9.32. The van der Waals surface area contributed by atoms with Crippen molar-refractivity contribution in [2.24, 2.45) is 0 Å². The van der Waals surface area contributed by atoms with Crippen molar-refractivity contribution in [3.8, 4) is 11.1 Å². The van der Waals surface area contributed by atoms with E-state index in [0.29, 0.717) is 5.56 Å². The summed E-state index contributed by atoms with van der Waals surface area (Å²) in [5.74, 6) is 0.0247. The third-order valence-electron chi connectivity index (χ3n) is 5.41. The second kappa shape index (κ2) is 13.6. The van der Waals surface area contributed by atoms with Gasteiger partial charge in [-0.05, 0) is 60.1 Å². The van der Waals surface area contributed by atoms with E-state index in [1.54, 1.807) is 12.1 Å². The Balaban J connectivity index is 1.48. The average Bonchev–Trinajstić information content (AvgIpc) is 2.88. The van der Waals surface area contributed by atoms with Crippen molar-refractivity contribution in [2.75, 3.05) is 5.75 Å². The van der Waals surface area contributed by atoms with Crippen LogP contribution in [0.4, 0.5) is 0 Å². The van der Waals surface area contributed by atoms with Gasteiger partial charge in [-0.25, -0.2) is 9.59 Å². The molecular weight excluding hydrogens is 444 g/mol. The van der Waals surface area contributed by atoms with Crippen molar-refractivity contribution >= 4 is 23.7 Å². The molecule has 4 nitrogen and oxygen atoms in total. The predicted octanol–water partition coefficient (Wildman–Crippen LogP) is 7.31. The van der Waals surface area contributed by atoms with Crippen LogP contribution in [0.5, 0.6) is 0 Å². The van der Waals surface area contributed by atoms with E-state index in [9.17, 15) is 9.59 Å². The van der Waals surface area contributed by atoms with Crippen LogP contribution in [0.15, 0.2) is 83.8 Å². The van der Waals surface area contributed by atoms with Crippen LogP contribution in [0, 0.1) is 0 Å². The molecule has 0 radical (unpaired) electrons. The molecule has 34 heavy (non-hydrogen) atoms. The SMILES string of the molecule is CCCCCCSc1ccc(-c2ccc(C(=O)O[C@@H](C)C(=O)OCc3ccccc3)cc2)cc1. The lowest BCUT2D eigenvalue weighted by molar-refractivity contribution is -0.154. The van der Waals surface area contributed by atoms with E-state index in [4.69, 9.17) is 9.47 Å². The third kappa shape index (κ3) is 8.07. The molecule has 0 aromatic heterocycles. The molecule has 0 spiro atoms. The summed E-state index contributed by atoms with van der Waals surface area (Å²) >= 11 is 1.89. The molecule has 0 N–H and O–H groups in total. The molecule has 3 aromatic carbocycles. The molecule has 0 bridgehead atoms. The molecule has 0 saturated heterocycles. The van der Waals surface area contributed by atoms with E-state index in [0.717, 1.165) is 22.4 Å². The van der Waals surface area contributed by atoms with Crippen LogP contribution in [0.2, 0.25) is 0 Å². The fourth-order valence-corrected chi connectivity index (χ4v) is 4.30. The van der Waals surface area contributed by atoms with Gasteiger partial charge in [0.15, 0.2) is 6.10 Å². The summed E-state index contributed by atoms with van der Waals surface area (Å²) in [6.45, 7) is 3.89. The molecule has 1 atom stereocenters. The molecule has 0 saturated carbocycles. The quantitative estimate of drug-likeness (QED) is 0.156. The van der Waals surface area contributed by atoms with Gasteiger partial charge < -0.3 is 9.47 Å². The lowest BCUT2D eigenvalue weighted by atomic mass is 10.0. The Morgan fingerprint density at radius 2 is 1.47 bits per heavy atom. The minimum atomic E-state index is -0.983. The monoisotopic (exact) mass is 476 g/mol. The molecule has 178 valence electrons. The van der Waals surface area contributed by atoms with E-state index in [-0.39, 0.29) is 6.61 Å². The van der Waals surface area contributed by atoms with Crippen LogP contribution >= 0.6 is 11.8 Å². The Hall–Kier alpha value is -3.05.